The number of hydrogen-bond acceptors (Lipinski definition) is 6. The van der Waals surface area contributed by atoms with E-state index in [-0.39, 0.29) is 17.9 Å². The van der Waals surface area contributed by atoms with Gasteiger partial charge in [0, 0.05) is 26.2 Å². The highest BCUT2D eigenvalue weighted by atomic mass is 16.5. The number of hydrogen-bond donors (Lipinski definition) is 1. The number of nitrogens with two attached hydrogens (primary N) is 1. The SMILES string of the molecule is COC(=O)c1ccc(N2CCN(C(C)C(N)=O)CC2)nc1C. The highest BCUT2D eigenvalue weighted by Gasteiger charge is 2.25. The molecule has 1 aliphatic heterocycles. The lowest BCUT2D eigenvalue weighted by Gasteiger charge is -2.37. The first-order valence-electron chi connectivity index (χ1n) is 7.28. The Labute approximate surface area is 130 Å². The van der Waals surface area contributed by atoms with Gasteiger partial charge in [-0.2, -0.15) is 0 Å². The van der Waals surface area contributed by atoms with E-state index in [1.165, 1.54) is 7.11 Å². The fraction of sp³-hybridized carbons (Fsp3) is 0.533. The van der Waals surface area contributed by atoms with Crippen LogP contribution in [0.5, 0.6) is 0 Å². The van der Waals surface area contributed by atoms with Crippen LogP contribution in [0.3, 0.4) is 0 Å². The molecule has 2 heterocycles. The third-order valence-corrected chi connectivity index (χ3v) is 4.07. The summed E-state index contributed by atoms with van der Waals surface area (Å²) in [5.74, 6) is 0.151. The molecule has 2 N–H and O–H groups in total. The van der Waals surface area contributed by atoms with Gasteiger partial charge in [-0.25, -0.2) is 9.78 Å². The van der Waals surface area contributed by atoms with Gasteiger partial charge in [0.2, 0.25) is 5.91 Å². The third kappa shape index (κ3) is 3.36. The molecule has 1 amide bonds. The number of anilines is 1. The molecule has 0 saturated carbocycles. The second-order valence-corrected chi connectivity index (χ2v) is 5.40. The van der Waals surface area contributed by atoms with Gasteiger partial charge in [-0.05, 0) is 26.0 Å². The Morgan fingerprint density at radius 1 is 1.27 bits per heavy atom. The number of ether oxygens (including phenoxy) is 1. The lowest BCUT2D eigenvalue weighted by atomic mass is 10.2. The smallest absolute Gasteiger partial charge is 0.339 e. The van der Waals surface area contributed by atoms with Crippen molar-refractivity contribution in [2.24, 2.45) is 5.73 Å². The molecule has 1 aliphatic rings. The number of methoxy groups -OCH3 is 1. The van der Waals surface area contributed by atoms with E-state index in [4.69, 9.17) is 10.5 Å². The van der Waals surface area contributed by atoms with E-state index in [0.717, 1.165) is 32.0 Å². The quantitative estimate of drug-likeness (QED) is 0.798. The Balaban J connectivity index is 2.04. The number of carbonyl (C=O) groups is 2. The number of rotatable bonds is 4. The van der Waals surface area contributed by atoms with Gasteiger partial charge < -0.3 is 15.4 Å². The average molecular weight is 306 g/mol. The van der Waals surface area contributed by atoms with Crippen molar-refractivity contribution in [1.82, 2.24) is 9.88 Å². The van der Waals surface area contributed by atoms with Crippen molar-refractivity contribution in [3.63, 3.8) is 0 Å². The summed E-state index contributed by atoms with van der Waals surface area (Å²) in [6, 6.07) is 3.31. The van der Waals surface area contributed by atoms with Gasteiger partial charge in [-0.15, -0.1) is 0 Å². The number of carbonyl (C=O) groups excluding carboxylic acids is 2. The number of aromatic nitrogens is 1. The molecule has 7 nitrogen and oxygen atoms in total. The van der Waals surface area contributed by atoms with Crippen LogP contribution in [-0.4, -0.2) is 61.1 Å². The lowest BCUT2D eigenvalue weighted by molar-refractivity contribution is -0.122. The fourth-order valence-electron chi connectivity index (χ4n) is 2.57. The second kappa shape index (κ2) is 6.74. The Hall–Kier alpha value is -2.15. The van der Waals surface area contributed by atoms with Crippen LogP contribution in [0.1, 0.15) is 23.0 Å². The van der Waals surface area contributed by atoms with E-state index in [2.05, 4.69) is 14.8 Å². The maximum absolute atomic E-state index is 11.6. The summed E-state index contributed by atoms with van der Waals surface area (Å²) in [6.07, 6.45) is 0. The molecular formula is C15H22N4O3. The van der Waals surface area contributed by atoms with E-state index in [1.54, 1.807) is 13.0 Å². The first-order valence-corrected chi connectivity index (χ1v) is 7.28. The van der Waals surface area contributed by atoms with E-state index >= 15 is 0 Å². The van der Waals surface area contributed by atoms with Crippen molar-refractivity contribution in [3.05, 3.63) is 23.4 Å². The van der Waals surface area contributed by atoms with Gasteiger partial charge in [0.1, 0.15) is 5.82 Å². The van der Waals surface area contributed by atoms with Crippen LogP contribution in [0.25, 0.3) is 0 Å². The summed E-state index contributed by atoms with van der Waals surface area (Å²) in [4.78, 5) is 31.5. The highest BCUT2D eigenvalue weighted by Crippen LogP contribution is 2.18. The molecule has 1 aromatic rings. The van der Waals surface area contributed by atoms with Crippen molar-refractivity contribution < 1.29 is 14.3 Å². The van der Waals surface area contributed by atoms with Gasteiger partial charge in [0.15, 0.2) is 0 Å². The van der Waals surface area contributed by atoms with Gasteiger partial charge in [0.25, 0.3) is 0 Å². The van der Waals surface area contributed by atoms with E-state index in [0.29, 0.717) is 11.3 Å². The third-order valence-electron chi connectivity index (χ3n) is 4.07. The number of piperazine rings is 1. The minimum atomic E-state index is -0.378. The number of esters is 1. The van der Waals surface area contributed by atoms with Crippen molar-refractivity contribution >= 4 is 17.7 Å². The molecule has 1 saturated heterocycles. The topological polar surface area (TPSA) is 88.8 Å². The van der Waals surface area contributed by atoms with Crippen molar-refractivity contribution in [3.8, 4) is 0 Å². The molecule has 0 aromatic carbocycles. The second-order valence-electron chi connectivity index (χ2n) is 5.40. The highest BCUT2D eigenvalue weighted by molar-refractivity contribution is 5.90. The zero-order chi connectivity index (χ0) is 16.3. The van der Waals surface area contributed by atoms with Crippen molar-refractivity contribution in [2.75, 3.05) is 38.2 Å². The van der Waals surface area contributed by atoms with Gasteiger partial charge in [0.05, 0.1) is 24.4 Å². The summed E-state index contributed by atoms with van der Waals surface area (Å²) >= 11 is 0. The maximum atomic E-state index is 11.6. The zero-order valence-electron chi connectivity index (χ0n) is 13.2. The molecular weight excluding hydrogens is 284 g/mol. The minimum absolute atomic E-state index is 0.251. The monoisotopic (exact) mass is 306 g/mol. The maximum Gasteiger partial charge on any atom is 0.339 e. The molecule has 120 valence electrons. The van der Waals surface area contributed by atoms with Crippen LogP contribution in [0.2, 0.25) is 0 Å². The molecule has 0 spiro atoms. The van der Waals surface area contributed by atoms with Crippen LogP contribution in [0.4, 0.5) is 5.82 Å². The van der Waals surface area contributed by atoms with Crippen LogP contribution >= 0.6 is 0 Å². The molecule has 1 fully saturated rings. The van der Waals surface area contributed by atoms with Crippen LogP contribution in [0.15, 0.2) is 12.1 Å². The van der Waals surface area contributed by atoms with E-state index in [1.807, 2.05) is 13.0 Å². The molecule has 0 aliphatic carbocycles. The normalized spacial score (nSPS) is 17.1. The number of amides is 1. The first kappa shape index (κ1) is 16.2. The number of primary amides is 1. The molecule has 7 heteroatoms. The summed E-state index contributed by atoms with van der Waals surface area (Å²) < 4.78 is 4.72. The number of pyridine rings is 1. The van der Waals surface area contributed by atoms with Crippen LogP contribution < -0.4 is 10.6 Å². The molecule has 1 unspecified atom stereocenters. The summed E-state index contributed by atoms with van der Waals surface area (Å²) in [6.45, 7) is 6.66. The van der Waals surface area contributed by atoms with E-state index in [9.17, 15) is 9.59 Å². The van der Waals surface area contributed by atoms with Gasteiger partial charge >= 0.3 is 5.97 Å². The van der Waals surface area contributed by atoms with Crippen molar-refractivity contribution in [1.29, 1.82) is 0 Å². The predicted molar refractivity (Wildman–Crippen MR) is 82.8 cm³/mol. The number of aryl methyl sites for hydroxylation is 1. The van der Waals surface area contributed by atoms with Gasteiger partial charge in [-0.3, -0.25) is 9.69 Å². The lowest BCUT2D eigenvalue weighted by Crippen LogP contribution is -2.53. The average Bonchev–Trinajstić information content (AvgIpc) is 2.53. The Morgan fingerprint density at radius 2 is 1.91 bits per heavy atom. The van der Waals surface area contributed by atoms with E-state index < -0.39 is 0 Å². The fourth-order valence-corrected chi connectivity index (χ4v) is 2.57. The van der Waals surface area contributed by atoms with Crippen LogP contribution in [0, 0.1) is 6.92 Å². The van der Waals surface area contributed by atoms with Gasteiger partial charge in [-0.1, -0.05) is 0 Å². The molecule has 22 heavy (non-hydrogen) atoms. The molecule has 0 radical (unpaired) electrons. The Morgan fingerprint density at radius 3 is 2.41 bits per heavy atom. The Bertz CT molecular complexity index is 568. The first-order chi connectivity index (χ1) is 10.4. The summed E-state index contributed by atoms with van der Waals surface area (Å²) in [7, 11) is 1.36. The predicted octanol–water partition coefficient (Wildman–Crippen LogP) is 0.172. The number of nitrogens with zero attached hydrogens (tertiary/aromatic N) is 3. The largest absolute Gasteiger partial charge is 0.465 e. The summed E-state index contributed by atoms with van der Waals surface area (Å²) in [5.41, 5.74) is 6.47. The van der Waals surface area contributed by atoms with Crippen LogP contribution in [-0.2, 0) is 9.53 Å². The standard InChI is InChI=1S/C15H22N4O3/c1-10-12(15(21)22-3)4-5-13(17-10)19-8-6-18(7-9-19)11(2)14(16)20/h4-5,11H,6-9H2,1-3H3,(H2,16,20). The summed E-state index contributed by atoms with van der Waals surface area (Å²) in [5, 5.41) is 0. The molecule has 1 aromatic heterocycles. The minimum Gasteiger partial charge on any atom is -0.465 e. The zero-order valence-corrected chi connectivity index (χ0v) is 13.2. The Kier molecular flexibility index (Phi) is 4.97. The molecule has 2 rings (SSSR count). The van der Waals surface area contributed by atoms with Crippen molar-refractivity contribution in [2.45, 2.75) is 19.9 Å². The molecule has 1 atom stereocenters. The molecule has 0 bridgehead atoms.